The molecule has 2 unspecified atom stereocenters. The lowest BCUT2D eigenvalue weighted by atomic mass is 9.75. The molecule has 2 N–H and O–H groups in total. The van der Waals surface area contributed by atoms with E-state index in [0.29, 0.717) is 18.0 Å². The highest BCUT2D eigenvalue weighted by molar-refractivity contribution is 5.02. The van der Waals surface area contributed by atoms with E-state index in [4.69, 9.17) is 0 Å². The van der Waals surface area contributed by atoms with E-state index in [1.807, 2.05) is 0 Å². The molecule has 2 aliphatic rings. The summed E-state index contributed by atoms with van der Waals surface area (Å²) in [6, 6.07) is 1.19. The van der Waals surface area contributed by atoms with Gasteiger partial charge in [0.1, 0.15) is 0 Å². The third kappa shape index (κ3) is 1.70. The van der Waals surface area contributed by atoms with E-state index in [1.165, 1.54) is 12.8 Å². The smallest absolute Gasteiger partial charge is 0.0705 e. The van der Waals surface area contributed by atoms with E-state index in [-0.39, 0.29) is 5.60 Å². The Bertz CT molecular complexity index is 188. The minimum Gasteiger partial charge on any atom is -0.389 e. The number of nitrogens with one attached hydrogen (secondary N) is 1. The maximum atomic E-state index is 10.7. The molecule has 2 saturated heterocycles. The largest absolute Gasteiger partial charge is 0.389 e. The number of aliphatic hydroxyl groups is 1. The summed E-state index contributed by atoms with van der Waals surface area (Å²) < 4.78 is 0. The van der Waals surface area contributed by atoms with Crippen LogP contribution in [0.1, 0.15) is 52.4 Å². The van der Waals surface area contributed by atoms with Gasteiger partial charge in [0.15, 0.2) is 0 Å². The van der Waals surface area contributed by atoms with Crippen LogP contribution in [0.15, 0.2) is 0 Å². The van der Waals surface area contributed by atoms with Crippen molar-refractivity contribution in [1.82, 2.24) is 5.32 Å². The first-order valence-electron chi connectivity index (χ1n) is 6.16. The van der Waals surface area contributed by atoms with Crippen LogP contribution in [0, 0.1) is 5.92 Å². The Balaban J connectivity index is 2.08. The summed E-state index contributed by atoms with van der Waals surface area (Å²) in [4.78, 5) is 0. The van der Waals surface area contributed by atoms with Crippen molar-refractivity contribution in [1.29, 1.82) is 0 Å². The van der Waals surface area contributed by atoms with Gasteiger partial charge in [-0.15, -0.1) is 0 Å². The molecule has 2 rings (SSSR count). The Hall–Kier alpha value is -0.0800. The first-order chi connectivity index (χ1) is 6.68. The second-order valence-electron chi connectivity index (χ2n) is 5.16. The summed E-state index contributed by atoms with van der Waals surface area (Å²) in [6.45, 7) is 4.41. The van der Waals surface area contributed by atoms with E-state index >= 15 is 0 Å². The Morgan fingerprint density at radius 2 is 1.71 bits per heavy atom. The number of hydrogen-bond donors (Lipinski definition) is 2. The highest BCUT2D eigenvalue weighted by Gasteiger charge is 2.45. The van der Waals surface area contributed by atoms with Crippen LogP contribution in [0.25, 0.3) is 0 Å². The molecule has 2 fully saturated rings. The topological polar surface area (TPSA) is 32.3 Å². The minimum absolute atomic E-state index is 0.361. The van der Waals surface area contributed by atoms with Crippen LogP contribution >= 0.6 is 0 Å². The standard InChI is InChI=1S/C12H23NO/c1-3-9(4-2)12(14)7-10-5-6-11(8-12)13-10/h9-11,13-14H,3-8H2,1-2H3. The van der Waals surface area contributed by atoms with Crippen molar-refractivity contribution in [2.75, 3.05) is 0 Å². The van der Waals surface area contributed by atoms with Gasteiger partial charge in [-0.2, -0.15) is 0 Å². The van der Waals surface area contributed by atoms with Crippen LogP contribution in [-0.2, 0) is 0 Å². The zero-order valence-corrected chi connectivity index (χ0v) is 9.42. The van der Waals surface area contributed by atoms with Gasteiger partial charge in [0.05, 0.1) is 5.60 Å². The van der Waals surface area contributed by atoms with Gasteiger partial charge in [-0.05, 0) is 31.6 Å². The van der Waals surface area contributed by atoms with Crippen LogP contribution in [0.2, 0.25) is 0 Å². The van der Waals surface area contributed by atoms with Crippen LogP contribution < -0.4 is 5.32 Å². The number of rotatable bonds is 3. The normalized spacial score (nSPS) is 42.0. The summed E-state index contributed by atoms with van der Waals surface area (Å²) in [5, 5.41) is 14.3. The molecule has 0 saturated carbocycles. The van der Waals surface area contributed by atoms with Gasteiger partial charge in [-0.25, -0.2) is 0 Å². The van der Waals surface area contributed by atoms with Crippen LogP contribution in [0.3, 0.4) is 0 Å². The molecule has 2 heteroatoms. The van der Waals surface area contributed by atoms with Crippen molar-refractivity contribution >= 4 is 0 Å². The fraction of sp³-hybridized carbons (Fsp3) is 1.00. The Labute approximate surface area is 87.1 Å². The quantitative estimate of drug-likeness (QED) is 0.726. The molecule has 0 radical (unpaired) electrons. The van der Waals surface area contributed by atoms with Crippen molar-refractivity contribution < 1.29 is 5.11 Å². The summed E-state index contributed by atoms with van der Waals surface area (Å²) in [6.07, 6.45) is 6.74. The van der Waals surface area contributed by atoms with Crippen molar-refractivity contribution in [3.63, 3.8) is 0 Å². The molecule has 2 heterocycles. The molecule has 2 bridgehead atoms. The van der Waals surface area contributed by atoms with Gasteiger partial charge in [0.25, 0.3) is 0 Å². The van der Waals surface area contributed by atoms with Crippen LogP contribution in [0.4, 0.5) is 0 Å². The fourth-order valence-corrected chi connectivity index (χ4v) is 3.54. The van der Waals surface area contributed by atoms with E-state index in [0.717, 1.165) is 25.7 Å². The van der Waals surface area contributed by atoms with Gasteiger partial charge in [-0.3, -0.25) is 0 Å². The van der Waals surface area contributed by atoms with Gasteiger partial charge in [-0.1, -0.05) is 26.7 Å². The van der Waals surface area contributed by atoms with Gasteiger partial charge < -0.3 is 10.4 Å². The highest BCUT2D eigenvalue weighted by Crippen LogP contribution is 2.40. The van der Waals surface area contributed by atoms with Gasteiger partial charge >= 0.3 is 0 Å². The lowest BCUT2D eigenvalue weighted by Gasteiger charge is -2.42. The van der Waals surface area contributed by atoms with Gasteiger partial charge in [0, 0.05) is 12.1 Å². The Kier molecular flexibility index (Phi) is 2.85. The number of fused-ring (bicyclic) bond motifs is 2. The average Bonchev–Trinajstić information content (AvgIpc) is 2.48. The molecule has 0 aromatic carbocycles. The van der Waals surface area contributed by atoms with Crippen LogP contribution in [0.5, 0.6) is 0 Å². The van der Waals surface area contributed by atoms with Gasteiger partial charge in [0.2, 0.25) is 0 Å². The van der Waals surface area contributed by atoms with E-state index < -0.39 is 0 Å². The second kappa shape index (κ2) is 3.82. The second-order valence-corrected chi connectivity index (χ2v) is 5.16. The summed E-state index contributed by atoms with van der Waals surface area (Å²) in [7, 11) is 0. The SMILES string of the molecule is CCC(CC)C1(O)CC2CCC(C1)N2. The van der Waals surface area contributed by atoms with Crippen LogP contribution in [-0.4, -0.2) is 22.8 Å². The molecule has 82 valence electrons. The predicted octanol–water partition coefficient (Wildman–Crippen LogP) is 2.07. The average molecular weight is 197 g/mol. The Morgan fingerprint density at radius 3 is 2.14 bits per heavy atom. The maximum absolute atomic E-state index is 10.7. The minimum atomic E-state index is -0.361. The maximum Gasteiger partial charge on any atom is 0.0705 e. The first kappa shape index (κ1) is 10.4. The van der Waals surface area contributed by atoms with Crippen molar-refractivity contribution in [3.05, 3.63) is 0 Å². The lowest BCUT2D eigenvalue weighted by Crippen LogP contribution is -2.52. The zero-order valence-electron chi connectivity index (χ0n) is 9.42. The lowest BCUT2D eigenvalue weighted by molar-refractivity contribution is -0.0600. The van der Waals surface area contributed by atoms with E-state index in [1.54, 1.807) is 0 Å². The molecular formula is C12H23NO. The molecule has 0 aliphatic carbocycles. The molecule has 0 aromatic heterocycles. The zero-order chi connectivity index (χ0) is 10.2. The molecule has 2 aliphatic heterocycles. The highest BCUT2D eigenvalue weighted by atomic mass is 16.3. The molecule has 2 atom stereocenters. The molecule has 0 amide bonds. The predicted molar refractivity (Wildman–Crippen MR) is 58.2 cm³/mol. The molecule has 0 spiro atoms. The molecule has 2 nitrogen and oxygen atoms in total. The third-order valence-electron chi connectivity index (χ3n) is 4.28. The summed E-state index contributed by atoms with van der Waals surface area (Å²) in [5.41, 5.74) is -0.361. The van der Waals surface area contributed by atoms with E-state index in [9.17, 15) is 5.11 Å². The third-order valence-corrected chi connectivity index (χ3v) is 4.28. The molecule has 14 heavy (non-hydrogen) atoms. The fourth-order valence-electron chi connectivity index (χ4n) is 3.54. The first-order valence-corrected chi connectivity index (χ1v) is 6.16. The van der Waals surface area contributed by atoms with Crippen molar-refractivity contribution in [2.45, 2.75) is 70.1 Å². The molecule has 0 aromatic rings. The number of hydrogen-bond acceptors (Lipinski definition) is 2. The Morgan fingerprint density at radius 1 is 1.21 bits per heavy atom. The monoisotopic (exact) mass is 197 g/mol. The van der Waals surface area contributed by atoms with Crippen molar-refractivity contribution in [3.8, 4) is 0 Å². The molecular weight excluding hydrogens is 174 g/mol. The van der Waals surface area contributed by atoms with Crippen molar-refractivity contribution in [2.24, 2.45) is 5.92 Å². The number of piperidine rings is 1. The summed E-state index contributed by atoms with van der Waals surface area (Å²) >= 11 is 0. The van der Waals surface area contributed by atoms with E-state index in [2.05, 4.69) is 19.2 Å². The summed E-state index contributed by atoms with van der Waals surface area (Å²) in [5.74, 6) is 0.507.